The molecule has 0 unspecified atom stereocenters. The number of aromatic hydroxyl groups is 2. The Hall–Kier alpha value is -1.42. The normalized spacial score (nSPS) is 34.9. The number of hydrogen-bond donors (Lipinski definition) is 2. The molecule has 2 heterocycles. The number of phenolic OH excluding ortho intramolecular Hbond substituents is 2. The third kappa shape index (κ3) is 1.47. The van der Waals surface area contributed by atoms with Crippen molar-refractivity contribution in [2.24, 2.45) is 11.8 Å². The SMILES string of the molecule is C[C@H]1CO[C@]2(C)Oc3cc(O)cc(O)c3C[C@H]12. The number of phenols is 2. The van der Waals surface area contributed by atoms with Gasteiger partial charge in [0.25, 0.3) is 0 Å². The first-order valence-electron chi connectivity index (χ1n) is 5.87. The molecule has 0 spiro atoms. The number of benzene rings is 1. The van der Waals surface area contributed by atoms with E-state index in [0.717, 1.165) is 12.0 Å². The molecule has 3 rings (SSSR count). The van der Waals surface area contributed by atoms with E-state index in [2.05, 4.69) is 6.92 Å². The predicted molar refractivity (Wildman–Crippen MR) is 61.1 cm³/mol. The molecule has 1 saturated heterocycles. The van der Waals surface area contributed by atoms with Crippen molar-refractivity contribution >= 4 is 0 Å². The molecule has 92 valence electrons. The van der Waals surface area contributed by atoms with Crippen molar-refractivity contribution in [3.8, 4) is 17.2 Å². The Morgan fingerprint density at radius 3 is 2.88 bits per heavy atom. The van der Waals surface area contributed by atoms with Gasteiger partial charge in [0.05, 0.1) is 6.61 Å². The Morgan fingerprint density at radius 2 is 2.12 bits per heavy atom. The van der Waals surface area contributed by atoms with E-state index in [4.69, 9.17) is 9.47 Å². The van der Waals surface area contributed by atoms with Crippen molar-refractivity contribution in [3.05, 3.63) is 17.7 Å². The summed E-state index contributed by atoms with van der Waals surface area (Å²) >= 11 is 0. The van der Waals surface area contributed by atoms with Gasteiger partial charge < -0.3 is 19.7 Å². The zero-order chi connectivity index (χ0) is 12.2. The van der Waals surface area contributed by atoms with Gasteiger partial charge >= 0.3 is 0 Å². The quantitative estimate of drug-likeness (QED) is 0.723. The second-order valence-corrected chi connectivity index (χ2v) is 5.16. The summed E-state index contributed by atoms with van der Waals surface area (Å²) in [4.78, 5) is 0. The fraction of sp³-hybridized carbons (Fsp3) is 0.538. The molecule has 17 heavy (non-hydrogen) atoms. The first kappa shape index (κ1) is 10.7. The van der Waals surface area contributed by atoms with Gasteiger partial charge in [-0.05, 0) is 12.3 Å². The number of hydrogen-bond acceptors (Lipinski definition) is 4. The van der Waals surface area contributed by atoms with E-state index >= 15 is 0 Å². The standard InChI is InChI=1S/C13H16O4/c1-7-6-16-13(2)10(7)5-9-11(15)3-8(14)4-12(9)17-13/h3-4,7,10,14-15H,5-6H2,1-2H3/t7-,10+,13+/m0/s1. The summed E-state index contributed by atoms with van der Waals surface area (Å²) in [7, 11) is 0. The minimum Gasteiger partial charge on any atom is -0.508 e. The van der Waals surface area contributed by atoms with E-state index < -0.39 is 5.79 Å². The summed E-state index contributed by atoms with van der Waals surface area (Å²) in [5.41, 5.74) is 0.766. The zero-order valence-corrected chi connectivity index (χ0v) is 9.93. The van der Waals surface area contributed by atoms with Crippen LogP contribution >= 0.6 is 0 Å². The minimum atomic E-state index is -0.632. The number of rotatable bonds is 0. The van der Waals surface area contributed by atoms with E-state index in [-0.39, 0.29) is 17.4 Å². The molecule has 1 aromatic carbocycles. The van der Waals surface area contributed by atoms with Crippen molar-refractivity contribution in [1.29, 1.82) is 0 Å². The van der Waals surface area contributed by atoms with Gasteiger partial charge in [0.2, 0.25) is 5.79 Å². The van der Waals surface area contributed by atoms with Crippen LogP contribution in [0.3, 0.4) is 0 Å². The lowest BCUT2D eigenvalue weighted by molar-refractivity contribution is -0.166. The average Bonchev–Trinajstić information content (AvgIpc) is 2.52. The van der Waals surface area contributed by atoms with Crippen LogP contribution in [0.4, 0.5) is 0 Å². The highest BCUT2D eigenvalue weighted by molar-refractivity contribution is 5.51. The summed E-state index contributed by atoms with van der Waals surface area (Å²) < 4.78 is 11.5. The molecular weight excluding hydrogens is 220 g/mol. The second kappa shape index (κ2) is 3.29. The predicted octanol–water partition coefficient (Wildman–Crippen LogP) is 2.03. The van der Waals surface area contributed by atoms with Crippen LogP contribution in [0.15, 0.2) is 12.1 Å². The maximum Gasteiger partial charge on any atom is 0.211 e. The number of fused-ring (bicyclic) bond motifs is 2. The Kier molecular flexibility index (Phi) is 2.08. The fourth-order valence-electron chi connectivity index (χ4n) is 2.88. The van der Waals surface area contributed by atoms with E-state index in [0.29, 0.717) is 18.3 Å². The van der Waals surface area contributed by atoms with Crippen LogP contribution in [0.5, 0.6) is 17.2 Å². The smallest absolute Gasteiger partial charge is 0.211 e. The first-order chi connectivity index (χ1) is 7.99. The lowest BCUT2D eigenvalue weighted by Crippen LogP contribution is -2.43. The van der Waals surface area contributed by atoms with E-state index in [9.17, 15) is 10.2 Å². The first-order valence-corrected chi connectivity index (χ1v) is 5.87. The maximum atomic E-state index is 9.85. The Labute approximate surface area is 99.8 Å². The van der Waals surface area contributed by atoms with Gasteiger partial charge in [-0.2, -0.15) is 0 Å². The third-order valence-corrected chi connectivity index (χ3v) is 3.90. The molecule has 0 bridgehead atoms. The maximum absolute atomic E-state index is 9.85. The molecule has 1 aromatic rings. The van der Waals surface area contributed by atoms with Crippen molar-refractivity contribution in [1.82, 2.24) is 0 Å². The topological polar surface area (TPSA) is 58.9 Å². The summed E-state index contributed by atoms with van der Waals surface area (Å²) in [6.45, 7) is 4.72. The van der Waals surface area contributed by atoms with Crippen LogP contribution in [0.25, 0.3) is 0 Å². The molecule has 4 heteroatoms. The van der Waals surface area contributed by atoms with E-state index in [1.807, 2.05) is 6.92 Å². The molecule has 0 radical (unpaired) electrons. The Morgan fingerprint density at radius 1 is 1.35 bits per heavy atom. The fourth-order valence-corrected chi connectivity index (χ4v) is 2.88. The Bertz CT molecular complexity index is 471. The van der Waals surface area contributed by atoms with Crippen molar-refractivity contribution in [2.75, 3.05) is 6.61 Å². The van der Waals surface area contributed by atoms with Crippen LogP contribution in [-0.4, -0.2) is 22.6 Å². The van der Waals surface area contributed by atoms with Gasteiger partial charge in [-0.15, -0.1) is 0 Å². The summed E-state index contributed by atoms with van der Waals surface area (Å²) in [5.74, 6) is 0.643. The van der Waals surface area contributed by atoms with Crippen LogP contribution < -0.4 is 4.74 Å². The van der Waals surface area contributed by atoms with Gasteiger partial charge in [0.1, 0.15) is 17.2 Å². The van der Waals surface area contributed by atoms with Gasteiger partial charge in [-0.25, -0.2) is 0 Å². The van der Waals surface area contributed by atoms with Gasteiger partial charge in [-0.3, -0.25) is 0 Å². The molecule has 2 aliphatic heterocycles. The monoisotopic (exact) mass is 236 g/mol. The highest BCUT2D eigenvalue weighted by Crippen LogP contribution is 2.48. The molecule has 4 nitrogen and oxygen atoms in total. The minimum absolute atomic E-state index is 0.00865. The molecule has 1 fully saturated rings. The second-order valence-electron chi connectivity index (χ2n) is 5.16. The molecule has 0 amide bonds. The molecule has 0 aromatic heterocycles. The molecule has 2 aliphatic rings. The van der Waals surface area contributed by atoms with Gasteiger partial charge in [0.15, 0.2) is 0 Å². The van der Waals surface area contributed by atoms with Crippen molar-refractivity contribution < 1.29 is 19.7 Å². The highest BCUT2D eigenvalue weighted by atomic mass is 16.7. The molecule has 0 saturated carbocycles. The zero-order valence-electron chi connectivity index (χ0n) is 9.93. The molecule has 2 N–H and O–H groups in total. The highest BCUT2D eigenvalue weighted by Gasteiger charge is 2.50. The average molecular weight is 236 g/mol. The van der Waals surface area contributed by atoms with E-state index in [1.165, 1.54) is 12.1 Å². The van der Waals surface area contributed by atoms with Crippen LogP contribution in [0.2, 0.25) is 0 Å². The van der Waals surface area contributed by atoms with Crippen molar-refractivity contribution in [2.45, 2.75) is 26.1 Å². The summed E-state index contributed by atoms with van der Waals surface area (Å²) in [6.07, 6.45) is 0.721. The van der Waals surface area contributed by atoms with Crippen LogP contribution in [0, 0.1) is 11.8 Å². The third-order valence-electron chi connectivity index (χ3n) is 3.90. The van der Waals surface area contributed by atoms with Gasteiger partial charge in [0, 0.05) is 30.5 Å². The van der Waals surface area contributed by atoms with Crippen molar-refractivity contribution in [3.63, 3.8) is 0 Å². The largest absolute Gasteiger partial charge is 0.508 e. The number of ether oxygens (including phenoxy) is 2. The summed E-state index contributed by atoms with van der Waals surface area (Å²) in [5, 5.41) is 19.3. The van der Waals surface area contributed by atoms with Crippen LogP contribution in [0.1, 0.15) is 19.4 Å². The lowest BCUT2D eigenvalue weighted by atomic mass is 9.82. The Balaban J connectivity index is 2.07. The summed E-state index contributed by atoms with van der Waals surface area (Å²) in [6, 6.07) is 2.88. The van der Waals surface area contributed by atoms with E-state index in [1.54, 1.807) is 0 Å². The lowest BCUT2D eigenvalue weighted by Gasteiger charge is -2.37. The van der Waals surface area contributed by atoms with Gasteiger partial charge in [-0.1, -0.05) is 6.92 Å². The molecular formula is C13H16O4. The molecule has 3 atom stereocenters. The molecule has 0 aliphatic carbocycles. The van der Waals surface area contributed by atoms with Crippen LogP contribution in [-0.2, 0) is 11.2 Å².